The van der Waals surface area contributed by atoms with E-state index in [0.717, 1.165) is 10.9 Å². The molecule has 0 spiro atoms. The molecule has 0 saturated heterocycles. The van der Waals surface area contributed by atoms with Crippen molar-refractivity contribution in [3.63, 3.8) is 0 Å². The molecule has 192 valence electrons. The highest BCUT2D eigenvalue weighted by molar-refractivity contribution is 6.02. The van der Waals surface area contributed by atoms with Gasteiger partial charge in [0.1, 0.15) is 23.0 Å². The molecule has 3 aromatic heterocycles. The summed E-state index contributed by atoms with van der Waals surface area (Å²) in [7, 11) is 0. The smallest absolute Gasteiger partial charge is 0.323 e. The Morgan fingerprint density at radius 3 is 2.55 bits per heavy atom. The molecule has 5 aromatic rings. The van der Waals surface area contributed by atoms with Crippen molar-refractivity contribution in [1.82, 2.24) is 19.9 Å². The third-order valence-electron chi connectivity index (χ3n) is 5.52. The van der Waals surface area contributed by atoms with Gasteiger partial charge in [-0.1, -0.05) is 5.16 Å². The molecule has 11 nitrogen and oxygen atoms in total. The highest BCUT2D eigenvalue weighted by Crippen LogP contribution is 2.31. The Hall–Kier alpha value is -5.19. The first-order valence-electron chi connectivity index (χ1n) is 11.9. The van der Waals surface area contributed by atoms with E-state index in [-0.39, 0.29) is 11.9 Å². The number of amides is 3. The number of fused-ring (bicyclic) bond motifs is 1. The number of ether oxygens (including phenoxy) is 1. The second-order valence-corrected chi connectivity index (χ2v) is 8.81. The average molecular weight is 512 g/mol. The summed E-state index contributed by atoms with van der Waals surface area (Å²) in [5.74, 6) is 1.25. The number of aromatic nitrogens is 4. The topological polar surface area (TPSA) is 136 Å². The van der Waals surface area contributed by atoms with Crippen molar-refractivity contribution >= 4 is 40.1 Å². The van der Waals surface area contributed by atoms with E-state index in [1.807, 2.05) is 32.0 Å². The summed E-state index contributed by atoms with van der Waals surface area (Å²) in [5.41, 5.74) is 3.28. The molecular formula is C27H25N7O4. The quantitative estimate of drug-likeness (QED) is 0.241. The van der Waals surface area contributed by atoms with Crippen LogP contribution in [0, 0.1) is 0 Å². The molecule has 2 aromatic carbocycles. The van der Waals surface area contributed by atoms with E-state index in [1.165, 1.54) is 6.92 Å². The molecule has 3 heterocycles. The number of hydrogen-bond acceptors (Lipinski definition) is 7. The van der Waals surface area contributed by atoms with Gasteiger partial charge in [0, 0.05) is 48.1 Å². The van der Waals surface area contributed by atoms with Crippen LogP contribution in [-0.4, -0.2) is 31.9 Å². The van der Waals surface area contributed by atoms with Crippen molar-refractivity contribution in [3.8, 4) is 22.8 Å². The van der Waals surface area contributed by atoms with Crippen LogP contribution < -0.4 is 20.7 Å². The van der Waals surface area contributed by atoms with Crippen molar-refractivity contribution < 1.29 is 18.8 Å². The summed E-state index contributed by atoms with van der Waals surface area (Å²) >= 11 is 0. The monoisotopic (exact) mass is 511 g/mol. The first-order chi connectivity index (χ1) is 18.3. The minimum Gasteiger partial charge on any atom is -0.457 e. The second kappa shape index (κ2) is 10.4. The molecule has 0 bridgehead atoms. The van der Waals surface area contributed by atoms with Crippen molar-refractivity contribution in [2.75, 3.05) is 16.0 Å². The number of hydrogen-bond donors (Lipinski definition) is 3. The van der Waals surface area contributed by atoms with Gasteiger partial charge in [-0.2, -0.15) is 5.10 Å². The van der Waals surface area contributed by atoms with Crippen LogP contribution in [0.15, 0.2) is 77.7 Å². The normalized spacial score (nSPS) is 10.9. The molecule has 0 aliphatic rings. The number of nitrogens with one attached hydrogen (secondary N) is 3. The number of carbonyl (C=O) groups excluding carboxylic acids is 2. The summed E-state index contributed by atoms with van der Waals surface area (Å²) in [4.78, 5) is 28.2. The first kappa shape index (κ1) is 24.5. The van der Waals surface area contributed by atoms with Gasteiger partial charge in [0.15, 0.2) is 5.58 Å². The maximum atomic E-state index is 12.9. The van der Waals surface area contributed by atoms with Gasteiger partial charge in [0.05, 0.1) is 11.9 Å². The molecule has 0 unspecified atom stereocenters. The molecule has 5 rings (SSSR count). The van der Waals surface area contributed by atoms with E-state index in [4.69, 9.17) is 9.26 Å². The number of benzene rings is 2. The molecule has 0 fully saturated rings. The summed E-state index contributed by atoms with van der Waals surface area (Å²) < 4.78 is 12.8. The number of urea groups is 1. The Morgan fingerprint density at radius 1 is 0.974 bits per heavy atom. The zero-order valence-electron chi connectivity index (χ0n) is 20.9. The van der Waals surface area contributed by atoms with Crippen LogP contribution in [0.3, 0.4) is 0 Å². The summed E-state index contributed by atoms with van der Waals surface area (Å²) in [6.45, 7) is 5.44. The number of pyridine rings is 1. The molecule has 38 heavy (non-hydrogen) atoms. The van der Waals surface area contributed by atoms with E-state index in [0.29, 0.717) is 40.0 Å². The predicted molar refractivity (Wildman–Crippen MR) is 143 cm³/mol. The molecular weight excluding hydrogens is 486 g/mol. The summed E-state index contributed by atoms with van der Waals surface area (Å²) in [6.07, 6.45) is 4.99. The van der Waals surface area contributed by atoms with Gasteiger partial charge >= 0.3 is 6.03 Å². The van der Waals surface area contributed by atoms with Crippen LogP contribution in [-0.2, 0) is 4.79 Å². The zero-order valence-corrected chi connectivity index (χ0v) is 20.9. The number of anilines is 3. The molecule has 3 N–H and O–H groups in total. The van der Waals surface area contributed by atoms with Crippen molar-refractivity contribution in [2.24, 2.45) is 0 Å². The van der Waals surface area contributed by atoms with Gasteiger partial charge in [-0.15, -0.1) is 0 Å². The van der Waals surface area contributed by atoms with Crippen LogP contribution in [0.5, 0.6) is 11.5 Å². The van der Waals surface area contributed by atoms with Gasteiger partial charge in [-0.05, 0) is 62.4 Å². The standard InChI is InChI=1S/C27H25N7O4/c1-16(2)34-15-23(26(33-34)18-4-9-24-19(12-18)14-29-38-24)32-27(36)31-20-5-7-21(8-6-20)37-22-10-11-28-25(13-22)30-17(3)35/h4-16H,1-3H3,(H,28,30,35)(H2,31,32,36). The second-order valence-electron chi connectivity index (χ2n) is 8.81. The fourth-order valence-corrected chi connectivity index (χ4v) is 3.73. The van der Waals surface area contributed by atoms with E-state index in [2.05, 4.69) is 31.2 Å². The van der Waals surface area contributed by atoms with Gasteiger partial charge in [-0.25, -0.2) is 9.78 Å². The lowest BCUT2D eigenvalue weighted by Crippen LogP contribution is -2.19. The Bertz CT molecular complexity index is 1610. The van der Waals surface area contributed by atoms with Crippen molar-refractivity contribution in [3.05, 3.63) is 73.2 Å². The highest BCUT2D eigenvalue weighted by atomic mass is 16.5. The van der Waals surface area contributed by atoms with Gasteiger partial charge in [-0.3, -0.25) is 9.48 Å². The zero-order chi connectivity index (χ0) is 26.6. The molecule has 0 radical (unpaired) electrons. The maximum Gasteiger partial charge on any atom is 0.323 e. The fourth-order valence-electron chi connectivity index (χ4n) is 3.73. The van der Waals surface area contributed by atoms with Crippen molar-refractivity contribution in [2.45, 2.75) is 26.8 Å². The molecule has 3 amide bonds. The minimum absolute atomic E-state index is 0.106. The molecule has 0 saturated carbocycles. The Balaban J connectivity index is 1.28. The van der Waals surface area contributed by atoms with Crippen LogP contribution in [0.2, 0.25) is 0 Å². The SMILES string of the molecule is CC(=O)Nc1cc(Oc2ccc(NC(=O)Nc3cn(C(C)C)nc3-c3ccc4oncc4c3)cc2)ccn1. The van der Waals surface area contributed by atoms with Crippen LogP contribution in [0.25, 0.3) is 22.2 Å². The number of carbonyl (C=O) groups is 2. The van der Waals surface area contributed by atoms with Crippen molar-refractivity contribution in [1.29, 1.82) is 0 Å². The number of nitrogens with zero attached hydrogens (tertiary/aromatic N) is 4. The van der Waals surface area contributed by atoms with Crippen LogP contribution >= 0.6 is 0 Å². The maximum absolute atomic E-state index is 12.9. The lowest BCUT2D eigenvalue weighted by molar-refractivity contribution is -0.114. The minimum atomic E-state index is -0.414. The molecule has 11 heteroatoms. The fraction of sp³-hybridized carbons (Fsp3) is 0.148. The van der Waals surface area contributed by atoms with Gasteiger partial charge < -0.3 is 25.2 Å². The predicted octanol–water partition coefficient (Wildman–Crippen LogP) is 6.06. The van der Waals surface area contributed by atoms with E-state index < -0.39 is 6.03 Å². The first-order valence-corrected chi connectivity index (χ1v) is 11.9. The lowest BCUT2D eigenvalue weighted by Gasteiger charge is -2.10. The molecule has 0 aliphatic carbocycles. The Labute approximate surface area is 217 Å². The Morgan fingerprint density at radius 2 is 1.79 bits per heavy atom. The van der Waals surface area contributed by atoms with E-state index in [1.54, 1.807) is 59.7 Å². The van der Waals surface area contributed by atoms with E-state index >= 15 is 0 Å². The van der Waals surface area contributed by atoms with Crippen LogP contribution in [0.1, 0.15) is 26.8 Å². The summed E-state index contributed by atoms with van der Waals surface area (Å²) in [5, 5.41) is 17.7. The largest absolute Gasteiger partial charge is 0.457 e. The summed E-state index contributed by atoms with van der Waals surface area (Å²) in [6, 6.07) is 15.5. The lowest BCUT2D eigenvalue weighted by atomic mass is 10.1. The van der Waals surface area contributed by atoms with E-state index in [9.17, 15) is 9.59 Å². The third-order valence-corrected chi connectivity index (χ3v) is 5.52. The molecule has 0 atom stereocenters. The number of rotatable bonds is 7. The Kier molecular flexibility index (Phi) is 6.72. The average Bonchev–Trinajstić information content (AvgIpc) is 3.52. The van der Waals surface area contributed by atoms with Crippen LogP contribution in [0.4, 0.5) is 22.0 Å². The highest BCUT2D eigenvalue weighted by Gasteiger charge is 2.16. The third kappa shape index (κ3) is 5.62. The van der Waals surface area contributed by atoms with Gasteiger partial charge in [0.25, 0.3) is 0 Å². The van der Waals surface area contributed by atoms with Gasteiger partial charge in [0.2, 0.25) is 5.91 Å². The molecule has 0 aliphatic heterocycles.